The molecule has 2 nitrogen and oxygen atoms in total. The predicted molar refractivity (Wildman–Crippen MR) is 111 cm³/mol. The third-order valence-electron chi connectivity index (χ3n) is 4.10. The molecule has 1 aliphatic rings. The second kappa shape index (κ2) is 9.65. The molecule has 0 saturated heterocycles. The minimum absolute atomic E-state index is 0.521. The van der Waals surface area contributed by atoms with Crippen LogP contribution in [-0.4, -0.2) is 11.5 Å². The molecule has 0 radical (unpaired) electrons. The molecule has 0 spiro atoms. The molecule has 0 atom stereocenters. The molecule has 1 fully saturated rings. The summed E-state index contributed by atoms with van der Waals surface area (Å²) in [5.41, 5.74) is 2.01. The van der Waals surface area contributed by atoms with E-state index in [-0.39, 0.29) is 0 Å². The van der Waals surface area contributed by atoms with Crippen LogP contribution in [0.2, 0.25) is 5.15 Å². The summed E-state index contributed by atoms with van der Waals surface area (Å²) in [6.07, 6.45) is 6.59. The van der Waals surface area contributed by atoms with E-state index >= 15 is 0 Å². The van der Waals surface area contributed by atoms with Gasteiger partial charge in [0.25, 0.3) is 0 Å². The first-order valence-corrected chi connectivity index (χ1v) is 10.6. The lowest BCUT2D eigenvalue weighted by Gasteiger charge is -2.20. The zero-order valence-electron chi connectivity index (χ0n) is 14.5. The summed E-state index contributed by atoms with van der Waals surface area (Å²) >= 11 is 11.8. The molecule has 2 aromatic rings. The average Bonchev–Trinajstić information content (AvgIpc) is 2.95. The van der Waals surface area contributed by atoms with Crippen molar-refractivity contribution in [1.82, 2.24) is 4.98 Å². The van der Waals surface area contributed by atoms with Crippen molar-refractivity contribution >= 4 is 54.8 Å². The van der Waals surface area contributed by atoms with Crippen molar-refractivity contribution in [3.05, 3.63) is 20.6 Å². The highest BCUT2D eigenvalue weighted by Crippen LogP contribution is 2.46. The number of pyridine rings is 1. The van der Waals surface area contributed by atoms with E-state index in [9.17, 15) is 0 Å². The molecule has 2 aromatic heterocycles. The molecule has 3 rings (SSSR count). The highest BCUT2D eigenvalue weighted by molar-refractivity contribution is 9.10. The second-order valence-electron chi connectivity index (χ2n) is 5.57. The summed E-state index contributed by atoms with van der Waals surface area (Å²) in [6.45, 7) is 6.47. The predicted octanol–water partition coefficient (Wildman–Crippen LogP) is 7.22. The molecule has 0 unspecified atom stereocenters. The highest BCUT2D eigenvalue weighted by atomic mass is 79.9. The Kier molecular flexibility index (Phi) is 7.87. The fourth-order valence-electron chi connectivity index (χ4n) is 3.01. The summed E-state index contributed by atoms with van der Waals surface area (Å²) in [5, 5.41) is 3.89. The van der Waals surface area contributed by atoms with Crippen molar-refractivity contribution < 1.29 is 0 Å². The number of rotatable bonds is 3. The van der Waals surface area contributed by atoms with Crippen LogP contribution in [0, 0.1) is 11.8 Å². The fraction of sp³-hybridized carbons (Fsp3) is 0.526. The lowest BCUT2D eigenvalue weighted by Crippen LogP contribution is -2.02. The smallest absolute Gasteiger partial charge is 0.131 e. The molecule has 0 bridgehead atoms. The van der Waals surface area contributed by atoms with Crippen molar-refractivity contribution in [2.75, 3.05) is 11.9 Å². The Balaban J connectivity index is 0.00000100. The first-order valence-electron chi connectivity index (χ1n) is 8.62. The van der Waals surface area contributed by atoms with Crippen LogP contribution in [0.25, 0.3) is 10.2 Å². The number of nitrogens with zero attached hydrogens (tertiary/aromatic N) is 1. The maximum atomic E-state index is 6.20. The molecule has 24 heavy (non-hydrogen) atoms. The molecule has 0 aliphatic heterocycles. The van der Waals surface area contributed by atoms with Crippen LogP contribution in [0.15, 0.2) is 10.5 Å². The van der Waals surface area contributed by atoms with Gasteiger partial charge < -0.3 is 5.32 Å². The summed E-state index contributed by atoms with van der Waals surface area (Å²) in [4.78, 5) is 5.96. The van der Waals surface area contributed by atoms with E-state index in [0.717, 1.165) is 15.7 Å². The third-order valence-corrected chi connectivity index (χ3v) is 6.73. The Morgan fingerprint density at radius 3 is 2.71 bits per heavy atom. The number of fused-ring (bicyclic) bond motifs is 1. The van der Waals surface area contributed by atoms with Gasteiger partial charge >= 0.3 is 0 Å². The molecule has 0 aromatic carbocycles. The van der Waals surface area contributed by atoms with E-state index in [1.165, 1.54) is 41.7 Å². The lowest BCUT2D eigenvalue weighted by atomic mass is 9.88. The van der Waals surface area contributed by atoms with E-state index in [1.54, 1.807) is 0 Å². The Bertz CT molecular complexity index is 739. The van der Waals surface area contributed by atoms with Gasteiger partial charge in [-0.2, -0.15) is 0 Å². The van der Waals surface area contributed by atoms with E-state index in [0.29, 0.717) is 17.6 Å². The topological polar surface area (TPSA) is 24.9 Å². The van der Waals surface area contributed by atoms with E-state index in [2.05, 4.69) is 38.1 Å². The molecule has 2 heterocycles. The monoisotopic (exact) mass is 426 g/mol. The van der Waals surface area contributed by atoms with Crippen molar-refractivity contribution in [3.8, 4) is 11.8 Å². The number of halogens is 2. The third kappa shape index (κ3) is 4.45. The molecule has 1 saturated carbocycles. The number of anilines is 1. The zero-order valence-corrected chi connectivity index (χ0v) is 17.7. The van der Waals surface area contributed by atoms with Crippen LogP contribution < -0.4 is 5.32 Å². The molecular formula is C19H24BrClN2S. The van der Waals surface area contributed by atoms with Crippen LogP contribution in [0.3, 0.4) is 0 Å². The number of nitrogens with one attached hydrogen (secondary N) is 1. The maximum Gasteiger partial charge on any atom is 0.131 e. The summed E-state index contributed by atoms with van der Waals surface area (Å²) in [6, 6.07) is 1.90. The number of aromatic nitrogens is 1. The average molecular weight is 428 g/mol. The maximum absolute atomic E-state index is 6.20. The van der Waals surface area contributed by atoms with Crippen LogP contribution in [0.5, 0.6) is 0 Å². The molecule has 1 aliphatic carbocycles. The number of hydrogen-bond donors (Lipinski definition) is 1. The van der Waals surface area contributed by atoms with E-state index in [1.807, 2.05) is 38.2 Å². The Labute approximate surface area is 162 Å². The SMILES string of the molecule is CC.CC#CCNc1cc(Cl)nc2c(Br)c(C3CCCCC3)sc12. The minimum Gasteiger partial charge on any atom is -0.373 e. The van der Waals surface area contributed by atoms with Crippen LogP contribution in [-0.2, 0) is 0 Å². The van der Waals surface area contributed by atoms with Crippen molar-refractivity contribution in [2.24, 2.45) is 0 Å². The van der Waals surface area contributed by atoms with E-state index in [4.69, 9.17) is 11.6 Å². The summed E-state index contributed by atoms with van der Waals surface area (Å²) < 4.78 is 2.31. The highest BCUT2D eigenvalue weighted by Gasteiger charge is 2.23. The van der Waals surface area contributed by atoms with Gasteiger partial charge in [0, 0.05) is 10.9 Å². The summed E-state index contributed by atoms with van der Waals surface area (Å²) in [7, 11) is 0. The first-order chi connectivity index (χ1) is 11.7. The molecule has 5 heteroatoms. The second-order valence-corrected chi connectivity index (χ2v) is 7.80. The molecule has 130 valence electrons. The zero-order chi connectivity index (χ0) is 17.5. The van der Waals surface area contributed by atoms with Gasteiger partial charge in [0.15, 0.2) is 0 Å². The lowest BCUT2D eigenvalue weighted by molar-refractivity contribution is 0.447. The van der Waals surface area contributed by atoms with Gasteiger partial charge in [-0.15, -0.1) is 17.3 Å². The van der Waals surface area contributed by atoms with Crippen molar-refractivity contribution in [2.45, 2.75) is 58.8 Å². The fourth-order valence-corrected chi connectivity index (χ4v) is 5.48. The van der Waals surface area contributed by atoms with Gasteiger partial charge in [-0.3, -0.25) is 0 Å². The van der Waals surface area contributed by atoms with E-state index < -0.39 is 0 Å². The Morgan fingerprint density at radius 1 is 1.33 bits per heavy atom. The van der Waals surface area contributed by atoms with Crippen molar-refractivity contribution in [3.63, 3.8) is 0 Å². The van der Waals surface area contributed by atoms with Crippen LogP contribution in [0.1, 0.15) is 63.7 Å². The standard InChI is InChI=1S/C17H18BrClN2S.C2H6/c1-2-3-9-20-12-10-13(19)21-15-14(18)16(22-17(12)15)11-7-5-4-6-8-11;1-2/h10-11H,4-9H2,1H3,(H,20,21);1-2H3. The van der Waals surface area contributed by atoms with Gasteiger partial charge in [0.1, 0.15) is 5.15 Å². The quantitative estimate of drug-likeness (QED) is 0.413. The molecular weight excluding hydrogens is 404 g/mol. The van der Waals surface area contributed by atoms with Crippen LogP contribution >= 0.6 is 38.9 Å². The number of hydrogen-bond acceptors (Lipinski definition) is 3. The van der Waals surface area contributed by atoms with Crippen molar-refractivity contribution in [1.29, 1.82) is 0 Å². The normalized spacial score (nSPS) is 14.5. The Morgan fingerprint density at radius 2 is 2.04 bits per heavy atom. The van der Waals surface area contributed by atoms with Gasteiger partial charge in [-0.1, -0.05) is 50.6 Å². The van der Waals surface area contributed by atoms with Gasteiger partial charge in [0.05, 0.1) is 26.9 Å². The first kappa shape index (κ1) is 19.6. The summed E-state index contributed by atoms with van der Waals surface area (Å²) in [5.74, 6) is 6.59. The molecule has 0 amide bonds. The van der Waals surface area contributed by atoms with Gasteiger partial charge in [-0.25, -0.2) is 4.98 Å². The number of thiophene rings is 1. The largest absolute Gasteiger partial charge is 0.373 e. The van der Waals surface area contributed by atoms with Gasteiger partial charge in [-0.05, 0) is 41.6 Å². The Hall–Kier alpha value is -0.760. The van der Waals surface area contributed by atoms with Crippen LogP contribution in [0.4, 0.5) is 5.69 Å². The molecule has 1 N–H and O–H groups in total. The minimum atomic E-state index is 0.521. The van der Waals surface area contributed by atoms with Gasteiger partial charge in [0.2, 0.25) is 0 Å².